The predicted octanol–water partition coefficient (Wildman–Crippen LogP) is 2.08. The molecule has 96 valence electrons. The lowest BCUT2D eigenvalue weighted by atomic mass is 9.69. The van der Waals surface area contributed by atoms with Crippen molar-refractivity contribution in [1.82, 2.24) is 4.90 Å². The number of carbonyl (C=O) groups excluding carboxylic acids is 1. The predicted molar refractivity (Wildman–Crippen MR) is 67.6 cm³/mol. The molecule has 1 saturated carbocycles. The molecule has 3 heteroatoms. The molecule has 1 saturated heterocycles. The summed E-state index contributed by atoms with van der Waals surface area (Å²) in [4.78, 5) is 14.0. The Hall–Kier alpha value is -0.830. The van der Waals surface area contributed by atoms with Gasteiger partial charge in [-0.15, -0.1) is 0 Å². The number of hydrogen-bond acceptors (Lipinski definition) is 3. The third kappa shape index (κ3) is 2.89. The summed E-state index contributed by atoms with van der Waals surface area (Å²) >= 11 is 0. The Balaban J connectivity index is 2.14. The van der Waals surface area contributed by atoms with Gasteiger partial charge in [0.1, 0.15) is 0 Å². The first kappa shape index (κ1) is 12.6. The molecule has 1 aliphatic heterocycles. The number of esters is 1. The van der Waals surface area contributed by atoms with E-state index in [1.165, 1.54) is 18.4 Å². The minimum Gasteiger partial charge on any atom is -0.463 e. The molecule has 0 aromatic carbocycles. The van der Waals surface area contributed by atoms with Gasteiger partial charge in [0, 0.05) is 19.2 Å². The molecule has 0 amide bonds. The summed E-state index contributed by atoms with van der Waals surface area (Å²) in [6, 6.07) is 0. The van der Waals surface area contributed by atoms with Crippen LogP contribution in [0.5, 0.6) is 0 Å². The minimum atomic E-state index is -0.156. The van der Waals surface area contributed by atoms with Gasteiger partial charge in [-0.1, -0.05) is 12.5 Å². The highest BCUT2D eigenvalue weighted by molar-refractivity contribution is 5.83. The van der Waals surface area contributed by atoms with Crippen molar-refractivity contribution < 1.29 is 9.53 Å². The number of carbonyl (C=O) groups is 1. The number of piperidine rings is 1. The van der Waals surface area contributed by atoms with Gasteiger partial charge in [-0.05, 0) is 44.6 Å². The number of likely N-dealkylation sites (tertiary alicyclic amines) is 1. The first-order valence-corrected chi connectivity index (χ1v) is 6.67. The lowest BCUT2D eigenvalue weighted by Gasteiger charge is -2.44. The molecule has 2 rings (SSSR count). The zero-order valence-corrected chi connectivity index (χ0v) is 11.1. The largest absolute Gasteiger partial charge is 0.463 e. The maximum Gasteiger partial charge on any atom is 0.330 e. The van der Waals surface area contributed by atoms with Gasteiger partial charge in [0.15, 0.2) is 0 Å². The van der Waals surface area contributed by atoms with E-state index in [4.69, 9.17) is 4.74 Å². The Bertz CT molecular complexity index is 292. The summed E-state index contributed by atoms with van der Waals surface area (Å²) in [5, 5.41) is 0. The van der Waals surface area contributed by atoms with Gasteiger partial charge in [0.05, 0.1) is 6.61 Å². The zero-order valence-electron chi connectivity index (χ0n) is 11.1. The van der Waals surface area contributed by atoms with Crippen molar-refractivity contribution in [3.63, 3.8) is 0 Å². The van der Waals surface area contributed by atoms with Crippen molar-refractivity contribution in [1.29, 1.82) is 0 Å². The average Bonchev–Trinajstić information content (AvgIpc) is 2.20. The van der Waals surface area contributed by atoms with Crippen LogP contribution in [0.2, 0.25) is 0 Å². The maximum absolute atomic E-state index is 11.6. The molecule has 2 unspecified atom stereocenters. The third-order valence-electron chi connectivity index (χ3n) is 3.95. The van der Waals surface area contributed by atoms with Gasteiger partial charge in [-0.3, -0.25) is 0 Å². The number of hydrogen-bond donors (Lipinski definition) is 0. The van der Waals surface area contributed by atoms with Crippen LogP contribution in [0.4, 0.5) is 0 Å². The van der Waals surface area contributed by atoms with Crippen LogP contribution >= 0.6 is 0 Å². The van der Waals surface area contributed by atoms with Crippen molar-refractivity contribution in [2.75, 3.05) is 26.7 Å². The van der Waals surface area contributed by atoms with E-state index in [1.807, 2.05) is 6.92 Å². The monoisotopic (exact) mass is 237 g/mol. The summed E-state index contributed by atoms with van der Waals surface area (Å²) in [6.07, 6.45) is 4.20. The third-order valence-corrected chi connectivity index (χ3v) is 3.95. The van der Waals surface area contributed by atoms with E-state index < -0.39 is 0 Å². The molecular formula is C14H23NO2. The van der Waals surface area contributed by atoms with Crippen LogP contribution in [-0.4, -0.2) is 37.6 Å². The highest BCUT2D eigenvalue weighted by atomic mass is 16.5. The second-order valence-corrected chi connectivity index (χ2v) is 5.59. The van der Waals surface area contributed by atoms with Crippen LogP contribution in [0.3, 0.4) is 0 Å². The molecule has 2 aliphatic rings. The molecule has 3 nitrogen and oxygen atoms in total. The van der Waals surface area contributed by atoms with Crippen molar-refractivity contribution >= 4 is 5.97 Å². The van der Waals surface area contributed by atoms with E-state index in [1.54, 1.807) is 6.08 Å². The second kappa shape index (κ2) is 5.21. The lowest BCUT2D eigenvalue weighted by molar-refractivity contribution is -0.137. The van der Waals surface area contributed by atoms with Crippen LogP contribution in [0.1, 0.15) is 26.7 Å². The Kier molecular flexibility index (Phi) is 3.87. The lowest BCUT2D eigenvalue weighted by Crippen LogP contribution is -2.44. The van der Waals surface area contributed by atoms with Gasteiger partial charge in [0.25, 0.3) is 0 Å². The fraction of sp³-hybridized carbons (Fsp3) is 0.786. The summed E-state index contributed by atoms with van der Waals surface area (Å²) in [6.45, 7) is 6.83. The first-order valence-electron chi connectivity index (χ1n) is 6.67. The second-order valence-electron chi connectivity index (χ2n) is 5.59. The fourth-order valence-electron chi connectivity index (χ4n) is 3.42. The molecule has 1 heterocycles. The number of fused-ring (bicyclic) bond motifs is 2. The SMILES string of the molecule is CCOC(=O)C=C1C2CC(C)CC1CN(C)C2. The van der Waals surface area contributed by atoms with Gasteiger partial charge in [-0.25, -0.2) is 4.79 Å². The van der Waals surface area contributed by atoms with Crippen LogP contribution < -0.4 is 0 Å². The molecule has 0 N–H and O–H groups in total. The summed E-state index contributed by atoms with van der Waals surface area (Å²) in [5.74, 6) is 1.76. The van der Waals surface area contributed by atoms with Gasteiger partial charge < -0.3 is 9.64 Å². The quantitative estimate of drug-likeness (QED) is 0.544. The van der Waals surface area contributed by atoms with Crippen LogP contribution in [-0.2, 0) is 9.53 Å². The van der Waals surface area contributed by atoms with E-state index in [0.717, 1.165) is 19.0 Å². The Morgan fingerprint density at radius 3 is 2.53 bits per heavy atom. The molecule has 0 aromatic rings. The number of ether oxygens (including phenoxy) is 1. The zero-order chi connectivity index (χ0) is 12.4. The van der Waals surface area contributed by atoms with Crippen molar-refractivity contribution in [3.05, 3.63) is 11.6 Å². The van der Waals surface area contributed by atoms with Gasteiger partial charge >= 0.3 is 5.97 Å². The molecular weight excluding hydrogens is 214 g/mol. The van der Waals surface area contributed by atoms with E-state index >= 15 is 0 Å². The van der Waals surface area contributed by atoms with Crippen LogP contribution in [0.25, 0.3) is 0 Å². The Labute approximate surface area is 104 Å². The van der Waals surface area contributed by atoms with Gasteiger partial charge in [-0.2, -0.15) is 0 Å². The topological polar surface area (TPSA) is 29.5 Å². The smallest absolute Gasteiger partial charge is 0.330 e. The number of nitrogens with zero attached hydrogens (tertiary/aromatic N) is 1. The van der Waals surface area contributed by atoms with Crippen LogP contribution in [0.15, 0.2) is 11.6 Å². The van der Waals surface area contributed by atoms with Crippen molar-refractivity contribution in [2.24, 2.45) is 17.8 Å². The molecule has 2 atom stereocenters. The molecule has 0 aromatic heterocycles. The van der Waals surface area contributed by atoms with E-state index in [2.05, 4.69) is 18.9 Å². The molecule has 1 aliphatic carbocycles. The van der Waals surface area contributed by atoms with Gasteiger partial charge in [0.2, 0.25) is 0 Å². The molecule has 0 spiro atoms. The Morgan fingerprint density at radius 1 is 1.41 bits per heavy atom. The number of rotatable bonds is 2. The Morgan fingerprint density at radius 2 is 2.00 bits per heavy atom. The molecule has 0 radical (unpaired) electrons. The molecule has 2 bridgehead atoms. The van der Waals surface area contributed by atoms with E-state index in [-0.39, 0.29) is 5.97 Å². The average molecular weight is 237 g/mol. The maximum atomic E-state index is 11.6. The molecule has 2 fully saturated rings. The van der Waals surface area contributed by atoms with Crippen molar-refractivity contribution in [2.45, 2.75) is 26.7 Å². The fourth-order valence-corrected chi connectivity index (χ4v) is 3.42. The summed E-state index contributed by atoms with van der Waals surface area (Å²) in [5.41, 5.74) is 1.35. The summed E-state index contributed by atoms with van der Waals surface area (Å²) < 4.78 is 5.03. The minimum absolute atomic E-state index is 0.156. The standard InChI is InChI=1S/C14H23NO2/c1-4-17-14(16)7-13-11-5-10(2)6-12(13)9-15(3)8-11/h7,10-12H,4-6,8-9H2,1-3H3. The van der Waals surface area contributed by atoms with E-state index in [9.17, 15) is 4.79 Å². The molecule has 17 heavy (non-hydrogen) atoms. The van der Waals surface area contributed by atoms with Crippen LogP contribution in [0, 0.1) is 17.8 Å². The normalized spacial score (nSPS) is 33.4. The first-order chi connectivity index (χ1) is 8.10. The van der Waals surface area contributed by atoms with Crippen molar-refractivity contribution in [3.8, 4) is 0 Å². The highest BCUT2D eigenvalue weighted by Gasteiger charge is 2.36. The summed E-state index contributed by atoms with van der Waals surface area (Å²) in [7, 11) is 2.18. The van der Waals surface area contributed by atoms with E-state index in [0.29, 0.717) is 18.4 Å². The highest BCUT2D eigenvalue weighted by Crippen LogP contribution is 2.41.